The highest BCUT2D eigenvalue weighted by molar-refractivity contribution is 5.96. The third-order valence-electron chi connectivity index (χ3n) is 1.75. The first-order chi connectivity index (χ1) is 5.95. The van der Waals surface area contributed by atoms with Crippen molar-refractivity contribution in [1.29, 1.82) is 0 Å². The van der Waals surface area contributed by atoms with E-state index in [4.69, 9.17) is 4.42 Å². The Labute approximate surface area is 66.5 Å². The molecule has 3 heterocycles. The van der Waals surface area contributed by atoms with Crippen LogP contribution in [0.25, 0.3) is 22.3 Å². The third kappa shape index (κ3) is 0.554. The summed E-state index contributed by atoms with van der Waals surface area (Å²) in [6, 6.07) is 0. The molecule has 0 atom stereocenters. The van der Waals surface area contributed by atoms with Crippen molar-refractivity contribution < 1.29 is 4.42 Å². The number of nitrogens with zero attached hydrogens (tertiary/aromatic N) is 3. The summed E-state index contributed by atoms with van der Waals surface area (Å²) >= 11 is 0. The Morgan fingerprint density at radius 1 is 1.17 bits per heavy atom. The minimum absolute atomic E-state index is 0.523. The number of hydrogen-bond donors (Lipinski definition) is 1. The number of rotatable bonds is 0. The van der Waals surface area contributed by atoms with Gasteiger partial charge >= 0.3 is 0 Å². The second kappa shape index (κ2) is 1.82. The summed E-state index contributed by atoms with van der Waals surface area (Å²) < 4.78 is 5.02. The second-order valence-corrected chi connectivity index (χ2v) is 2.43. The number of nitrogens with one attached hydrogen (secondary N) is 1. The van der Waals surface area contributed by atoms with Crippen LogP contribution in [0.15, 0.2) is 23.3 Å². The van der Waals surface area contributed by atoms with Crippen LogP contribution in [-0.4, -0.2) is 19.9 Å². The molecule has 12 heavy (non-hydrogen) atoms. The molecule has 0 fully saturated rings. The van der Waals surface area contributed by atoms with E-state index in [0.717, 1.165) is 11.0 Å². The zero-order valence-corrected chi connectivity index (χ0v) is 5.98. The molecule has 3 aromatic rings. The van der Waals surface area contributed by atoms with Gasteiger partial charge in [0.1, 0.15) is 5.52 Å². The van der Waals surface area contributed by atoms with Gasteiger partial charge in [-0.25, -0.2) is 15.0 Å². The van der Waals surface area contributed by atoms with E-state index in [1.807, 2.05) is 0 Å². The summed E-state index contributed by atoms with van der Waals surface area (Å²) in [6.07, 6.45) is 4.65. The van der Waals surface area contributed by atoms with Gasteiger partial charge in [0.2, 0.25) is 5.71 Å². The van der Waals surface area contributed by atoms with Crippen molar-refractivity contribution in [3.63, 3.8) is 0 Å². The van der Waals surface area contributed by atoms with Crippen molar-refractivity contribution in [3.05, 3.63) is 18.9 Å². The van der Waals surface area contributed by atoms with E-state index in [1.165, 1.54) is 6.39 Å². The summed E-state index contributed by atoms with van der Waals surface area (Å²) in [5.74, 6) is 0. The van der Waals surface area contributed by atoms with Gasteiger partial charge in [-0.2, -0.15) is 0 Å². The van der Waals surface area contributed by atoms with Crippen LogP contribution in [0, 0.1) is 0 Å². The zero-order valence-electron chi connectivity index (χ0n) is 5.98. The summed E-state index contributed by atoms with van der Waals surface area (Å²) in [4.78, 5) is 15.1. The van der Waals surface area contributed by atoms with Gasteiger partial charge in [-0.1, -0.05) is 0 Å². The predicted octanol–water partition coefficient (Wildman–Crippen LogP) is 1.10. The van der Waals surface area contributed by atoms with Crippen LogP contribution in [0.5, 0.6) is 0 Å². The Bertz CT molecular complexity index is 489. The molecule has 0 saturated heterocycles. The van der Waals surface area contributed by atoms with Gasteiger partial charge in [0.15, 0.2) is 11.9 Å². The zero-order chi connectivity index (χ0) is 7.97. The molecule has 0 saturated carbocycles. The van der Waals surface area contributed by atoms with Gasteiger partial charge in [-0.05, 0) is 0 Å². The normalized spacial score (nSPS) is 11.3. The lowest BCUT2D eigenvalue weighted by molar-refractivity contribution is 0.591. The van der Waals surface area contributed by atoms with E-state index in [2.05, 4.69) is 19.9 Å². The molecule has 5 heteroatoms. The topological polar surface area (TPSA) is 67.6 Å². The number of aromatic nitrogens is 4. The molecule has 0 bridgehead atoms. The van der Waals surface area contributed by atoms with Crippen molar-refractivity contribution in [3.8, 4) is 0 Å². The molecule has 0 amide bonds. The Morgan fingerprint density at radius 3 is 3.17 bits per heavy atom. The van der Waals surface area contributed by atoms with Crippen LogP contribution < -0.4 is 0 Å². The molecule has 3 aromatic heterocycles. The van der Waals surface area contributed by atoms with Crippen LogP contribution in [0.3, 0.4) is 0 Å². The molecule has 0 unspecified atom stereocenters. The lowest BCUT2D eigenvalue weighted by Crippen LogP contribution is -1.76. The van der Waals surface area contributed by atoms with E-state index < -0.39 is 0 Å². The molecule has 58 valence electrons. The smallest absolute Gasteiger partial charge is 0.249 e. The fourth-order valence-corrected chi connectivity index (χ4v) is 1.21. The number of aromatic amines is 1. The summed E-state index contributed by atoms with van der Waals surface area (Å²) in [5.41, 5.74) is 2.90. The molecule has 0 radical (unpaired) electrons. The predicted molar refractivity (Wildman–Crippen MR) is 41.5 cm³/mol. The molecule has 0 aliphatic heterocycles. The quantitative estimate of drug-likeness (QED) is 0.534. The van der Waals surface area contributed by atoms with Crippen molar-refractivity contribution >= 4 is 22.3 Å². The van der Waals surface area contributed by atoms with Gasteiger partial charge in [-0.3, -0.25) is 0 Å². The number of H-pyrrole nitrogens is 1. The fourth-order valence-electron chi connectivity index (χ4n) is 1.21. The SMILES string of the molecule is c1nc2c(cnc3ocnc32)[nH]1. The second-order valence-electron chi connectivity index (χ2n) is 2.43. The van der Waals surface area contributed by atoms with E-state index >= 15 is 0 Å². The van der Waals surface area contributed by atoms with Crippen LogP contribution >= 0.6 is 0 Å². The Morgan fingerprint density at radius 2 is 2.17 bits per heavy atom. The third-order valence-corrected chi connectivity index (χ3v) is 1.75. The first-order valence-corrected chi connectivity index (χ1v) is 3.46. The van der Waals surface area contributed by atoms with Crippen molar-refractivity contribution in [2.24, 2.45) is 0 Å². The van der Waals surface area contributed by atoms with Crippen LogP contribution in [0.4, 0.5) is 0 Å². The average molecular weight is 160 g/mol. The molecule has 0 aliphatic rings. The largest absolute Gasteiger partial charge is 0.425 e. The van der Waals surface area contributed by atoms with Crippen molar-refractivity contribution in [2.45, 2.75) is 0 Å². The van der Waals surface area contributed by atoms with Gasteiger partial charge in [0, 0.05) is 0 Å². The maximum absolute atomic E-state index is 5.02. The number of fused-ring (bicyclic) bond motifs is 3. The maximum Gasteiger partial charge on any atom is 0.249 e. The molecule has 1 N–H and O–H groups in total. The average Bonchev–Trinajstić information content (AvgIpc) is 2.71. The molecular weight excluding hydrogens is 156 g/mol. The maximum atomic E-state index is 5.02. The molecule has 5 nitrogen and oxygen atoms in total. The van der Waals surface area contributed by atoms with E-state index in [1.54, 1.807) is 12.5 Å². The Balaban J connectivity index is 2.71. The monoisotopic (exact) mass is 160 g/mol. The molecular formula is C7H4N4O. The van der Waals surface area contributed by atoms with E-state index in [0.29, 0.717) is 11.2 Å². The standard InChI is InChI=1S/C7H4N4O/c1-4-5(10-2-9-4)6-7(8-1)12-3-11-6/h1-3H,(H,9,10). The lowest BCUT2D eigenvalue weighted by Gasteiger charge is -1.85. The summed E-state index contributed by atoms with van der Waals surface area (Å²) in [5, 5.41) is 0. The molecule has 3 rings (SSSR count). The highest BCUT2D eigenvalue weighted by Gasteiger charge is 2.06. The van der Waals surface area contributed by atoms with Crippen molar-refractivity contribution in [1.82, 2.24) is 19.9 Å². The van der Waals surface area contributed by atoms with Gasteiger partial charge in [0.05, 0.1) is 18.0 Å². The highest BCUT2D eigenvalue weighted by Crippen LogP contribution is 2.17. The number of pyridine rings is 1. The number of hydrogen-bond acceptors (Lipinski definition) is 4. The lowest BCUT2D eigenvalue weighted by atomic mass is 10.4. The first kappa shape index (κ1) is 5.70. The minimum Gasteiger partial charge on any atom is -0.425 e. The van der Waals surface area contributed by atoms with E-state index in [9.17, 15) is 0 Å². The van der Waals surface area contributed by atoms with E-state index in [-0.39, 0.29) is 0 Å². The van der Waals surface area contributed by atoms with Gasteiger partial charge < -0.3 is 9.40 Å². The number of imidazole rings is 1. The van der Waals surface area contributed by atoms with Gasteiger partial charge in [-0.15, -0.1) is 0 Å². The van der Waals surface area contributed by atoms with Gasteiger partial charge in [0.25, 0.3) is 0 Å². The van der Waals surface area contributed by atoms with Crippen LogP contribution in [0.1, 0.15) is 0 Å². The fraction of sp³-hybridized carbons (Fsp3) is 0. The van der Waals surface area contributed by atoms with Crippen LogP contribution in [-0.2, 0) is 0 Å². The minimum atomic E-state index is 0.523. The Kier molecular flexibility index (Phi) is 0.864. The van der Waals surface area contributed by atoms with Crippen LogP contribution in [0.2, 0.25) is 0 Å². The molecule has 0 aliphatic carbocycles. The first-order valence-electron chi connectivity index (χ1n) is 3.46. The summed E-state index contributed by atoms with van der Waals surface area (Å²) in [6.45, 7) is 0. The Hall–Kier alpha value is -1.91. The molecule has 0 spiro atoms. The van der Waals surface area contributed by atoms with Crippen molar-refractivity contribution in [2.75, 3.05) is 0 Å². The number of oxazole rings is 1. The highest BCUT2D eigenvalue weighted by atomic mass is 16.3. The molecule has 0 aromatic carbocycles. The summed E-state index contributed by atoms with van der Waals surface area (Å²) in [7, 11) is 0.